The summed E-state index contributed by atoms with van der Waals surface area (Å²) in [6.45, 7) is 15.9. The van der Waals surface area contributed by atoms with Crippen molar-refractivity contribution >= 4 is 41.8 Å². The number of ether oxygens (including phenoxy) is 4. The Kier molecular flexibility index (Phi) is 9.83. The highest BCUT2D eigenvalue weighted by Gasteiger charge is 2.79. The van der Waals surface area contributed by atoms with Gasteiger partial charge in [0.05, 0.1) is 43.0 Å². The van der Waals surface area contributed by atoms with Crippen molar-refractivity contribution in [2.75, 3.05) is 13.7 Å². The average Bonchev–Trinajstić information content (AvgIpc) is 3.87. The lowest BCUT2D eigenvalue weighted by Crippen LogP contribution is -2.77. The van der Waals surface area contributed by atoms with Crippen LogP contribution in [0.4, 0.5) is 0 Å². The summed E-state index contributed by atoms with van der Waals surface area (Å²) >= 11 is 3.49. The minimum atomic E-state index is -2.56. The molecule has 10 nitrogen and oxygen atoms in total. The number of halogens is 1. The van der Waals surface area contributed by atoms with Crippen molar-refractivity contribution in [2.45, 2.75) is 109 Å². The Bertz CT molecular complexity index is 1760. The van der Waals surface area contributed by atoms with Crippen LogP contribution in [0.2, 0.25) is 18.1 Å². The Morgan fingerprint density at radius 1 is 1.04 bits per heavy atom. The summed E-state index contributed by atoms with van der Waals surface area (Å²) in [6.07, 6.45) is -2.72. The van der Waals surface area contributed by atoms with E-state index in [1.54, 1.807) is 70.3 Å². The van der Waals surface area contributed by atoms with Crippen LogP contribution in [0.5, 0.6) is 5.75 Å². The second-order valence-electron chi connectivity index (χ2n) is 17.1. The van der Waals surface area contributed by atoms with Gasteiger partial charge < -0.3 is 33.6 Å². The zero-order valence-corrected chi connectivity index (χ0v) is 34.0. The molecular weight excluding hydrogens is 748 g/mol. The Morgan fingerprint density at radius 3 is 2.21 bits per heavy atom. The van der Waals surface area contributed by atoms with E-state index < -0.39 is 78.0 Å². The van der Waals surface area contributed by atoms with Crippen molar-refractivity contribution in [1.29, 1.82) is 0 Å². The monoisotopic (exact) mass is 798 g/mol. The van der Waals surface area contributed by atoms with Crippen molar-refractivity contribution in [3.63, 3.8) is 0 Å². The molecule has 282 valence electrons. The molecule has 1 saturated heterocycles. The molecule has 6 rings (SSSR count). The molecule has 1 spiro atoms. The van der Waals surface area contributed by atoms with Gasteiger partial charge in [-0.1, -0.05) is 80.9 Å². The summed E-state index contributed by atoms with van der Waals surface area (Å²) in [7, 11) is -0.988. The summed E-state index contributed by atoms with van der Waals surface area (Å²) in [6, 6.07) is 15.6. The lowest BCUT2D eigenvalue weighted by Gasteiger charge is -2.62. The number of aliphatic hydroxyl groups is 2. The third-order valence-electron chi connectivity index (χ3n) is 12.9. The third-order valence-corrected chi connectivity index (χ3v) is 18.3. The Morgan fingerprint density at radius 2 is 1.65 bits per heavy atom. The van der Waals surface area contributed by atoms with Gasteiger partial charge in [0.1, 0.15) is 18.0 Å². The Hall–Kier alpha value is -2.87. The van der Waals surface area contributed by atoms with E-state index in [9.17, 15) is 19.8 Å². The van der Waals surface area contributed by atoms with Crippen LogP contribution in [0.3, 0.4) is 0 Å². The quantitative estimate of drug-likeness (QED) is 0.162. The summed E-state index contributed by atoms with van der Waals surface area (Å²) in [5.41, 5.74) is -5.63. The molecule has 0 radical (unpaired) electrons. The van der Waals surface area contributed by atoms with Crippen LogP contribution in [0.25, 0.3) is 0 Å². The van der Waals surface area contributed by atoms with Crippen molar-refractivity contribution in [2.24, 2.45) is 22.7 Å². The molecule has 2 aromatic rings. The smallest absolute Gasteiger partial charge is 0.338 e. The number of carbonyl (C=O) groups is 3. The Labute approximate surface area is 315 Å². The lowest BCUT2D eigenvalue weighted by atomic mass is 9.46. The van der Waals surface area contributed by atoms with E-state index in [-0.39, 0.29) is 34.1 Å². The van der Waals surface area contributed by atoms with E-state index in [0.717, 1.165) is 5.56 Å². The second kappa shape index (κ2) is 13.2. The zero-order valence-electron chi connectivity index (χ0n) is 31.4. The number of fused-ring (bicyclic) bond motifs is 4. The molecule has 0 amide bonds. The number of esters is 1. The van der Waals surface area contributed by atoms with Gasteiger partial charge in [-0.3, -0.25) is 9.59 Å². The third kappa shape index (κ3) is 5.92. The molecular formula is C40H51BrO10Si. The van der Waals surface area contributed by atoms with Crippen LogP contribution in [0, 0.1) is 22.7 Å². The molecule has 2 N–H and O–H groups in total. The van der Waals surface area contributed by atoms with Crippen molar-refractivity contribution < 1.29 is 48.0 Å². The molecule has 2 bridgehead atoms. The maximum Gasteiger partial charge on any atom is 0.338 e. The number of rotatable bonds is 8. The predicted molar refractivity (Wildman–Crippen MR) is 200 cm³/mol. The molecule has 4 aliphatic rings. The number of carbonyl (C=O) groups excluding carboxylic acids is 3. The van der Waals surface area contributed by atoms with Gasteiger partial charge in [-0.2, -0.15) is 0 Å². The van der Waals surface area contributed by atoms with E-state index in [1.165, 1.54) is 0 Å². The topological polar surface area (TPSA) is 141 Å². The van der Waals surface area contributed by atoms with Crippen molar-refractivity contribution in [1.82, 2.24) is 0 Å². The Balaban J connectivity index is 1.59. The second-order valence-corrected chi connectivity index (χ2v) is 22.8. The summed E-state index contributed by atoms with van der Waals surface area (Å²) in [5, 5.41) is 24.6. The van der Waals surface area contributed by atoms with Crippen LogP contribution < -0.4 is 4.74 Å². The van der Waals surface area contributed by atoms with Gasteiger partial charge in [0.15, 0.2) is 25.5 Å². The highest BCUT2D eigenvalue weighted by molar-refractivity contribution is 9.11. The molecule has 2 aromatic carbocycles. The first-order chi connectivity index (χ1) is 24.2. The standard InChI is InChI=1S/C40H51BrO10Si/c1-36(2,3)52(8,9)51-26-19-20-39(22-49-39)31-34(50-35(45)24-13-11-10-12-14-24)40(46)32(43)29(42)28(41)27(37(40,4)5)30(33(44)38(26,31)6)48-21-23-15-17-25(47-7)18-16-23/h10-18,26-27,30-31,34,42,46H,19-22H2,1-9H3/t26-,27+,30+,31-,34-,38+,39+,40+/m0/s1. The predicted octanol–water partition coefficient (Wildman–Crippen LogP) is 7.09. The summed E-state index contributed by atoms with van der Waals surface area (Å²) in [4.78, 5) is 44.5. The van der Waals surface area contributed by atoms with Crippen LogP contribution in [0.15, 0.2) is 64.8 Å². The molecule has 3 aliphatic carbocycles. The maximum absolute atomic E-state index is 15.9. The van der Waals surface area contributed by atoms with Gasteiger partial charge in [0.2, 0.25) is 5.78 Å². The SMILES string of the molecule is COc1ccc(CO[C@H]2C(=O)[C@]3(C)[C@@H](O[Si](C)(C)C(C)(C)C)CC[C@@]4(CO4)[C@H]3[C@H](OC(=O)c3ccccc3)[C@]3(O)C(=O)C(O)=C(Br)[C@H]2C3(C)C)cc1. The highest BCUT2D eigenvalue weighted by atomic mass is 79.9. The van der Waals surface area contributed by atoms with Crippen LogP contribution in [-0.2, 0) is 34.8 Å². The zero-order chi connectivity index (χ0) is 38.2. The number of hydrogen-bond donors (Lipinski definition) is 2. The first-order valence-corrected chi connectivity index (χ1v) is 21.6. The molecule has 52 heavy (non-hydrogen) atoms. The van der Waals surface area contributed by atoms with Crippen LogP contribution in [-0.4, -0.2) is 79.3 Å². The molecule has 0 unspecified atom stereocenters. The molecule has 12 heteroatoms. The van der Waals surface area contributed by atoms with Crippen molar-refractivity contribution in [3.05, 3.63) is 76.0 Å². The number of benzene rings is 2. The number of Topliss-reactive ketones (excluding diaryl/α,β-unsaturated/α-hetero) is 2. The van der Waals surface area contributed by atoms with Gasteiger partial charge in [0, 0.05) is 21.7 Å². The number of hydrogen-bond acceptors (Lipinski definition) is 10. The van der Waals surface area contributed by atoms with Gasteiger partial charge in [-0.05, 0) is 67.7 Å². The molecule has 3 fully saturated rings. The van der Waals surface area contributed by atoms with E-state index in [1.807, 2.05) is 12.1 Å². The molecule has 0 aromatic heterocycles. The van der Waals surface area contributed by atoms with E-state index in [2.05, 4.69) is 49.8 Å². The first-order valence-electron chi connectivity index (χ1n) is 17.9. The number of epoxide rings is 1. The van der Waals surface area contributed by atoms with E-state index in [0.29, 0.717) is 18.6 Å². The van der Waals surface area contributed by atoms with Gasteiger partial charge in [-0.15, -0.1) is 0 Å². The fourth-order valence-corrected chi connectivity index (χ4v) is 11.0. The van der Waals surface area contributed by atoms with Crippen LogP contribution >= 0.6 is 15.9 Å². The minimum Gasteiger partial charge on any atom is -0.504 e. The number of ketones is 2. The maximum atomic E-state index is 15.9. The van der Waals surface area contributed by atoms with E-state index in [4.69, 9.17) is 23.4 Å². The number of aliphatic hydroxyl groups excluding tert-OH is 1. The largest absolute Gasteiger partial charge is 0.504 e. The van der Waals surface area contributed by atoms with Gasteiger partial charge in [0.25, 0.3) is 0 Å². The fraction of sp³-hybridized carbons (Fsp3) is 0.575. The normalized spacial score (nSPS) is 34.3. The number of methoxy groups -OCH3 is 1. The average molecular weight is 800 g/mol. The molecule has 2 saturated carbocycles. The minimum absolute atomic E-state index is 0.00294. The van der Waals surface area contributed by atoms with Crippen LogP contribution in [0.1, 0.15) is 70.3 Å². The lowest BCUT2D eigenvalue weighted by molar-refractivity contribution is -0.239. The first kappa shape index (κ1) is 38.8. The fourth-order valence-electron chi connectivity index (χ4n) is 8.59. The molecule has 1 aliphatic heterocycles. The molecule has 8 atom stereocenters. The van der Waals surface area contributed by atoms with Gasteiger partial charge in [-0.25, -0.2) is 4.79 Å². The van der Waals surface area contributed by atoms with E-state index >= 15 is 4.79 Å². The molecule has 1 heterocycles. The van der Waals surface area contributed by atoms with Crippen molar-refractivity contribution in [3.8, 4) is 5.75 Å². The summed E-state index contributed by atoms with van der Waals surface area (Å²) in [5.74, 6) is -4.37. The highest BCUT2D eigenvalue weighted by Crippen LogP contribution is 2.66. The summed E-state index contributed by atoms with van der Waals surface area (Å²) < 4.78 is 31.8. The van der Waals surface area contributed by atoms with Gasteiger partial charge >= 0.3 is 5.97 Å².